The van der Waals surface area contributed by atoms with Gasteiger partial charge in [-0.15, -0.1) is 0 Å². The molecule has 0 radical (unpaired) electrons. The predicted molar refractivity (Wildman–Crippen MR) is 92.1 cm³/mol. The Kier molecular flexibility index (Phi) is 3.81. The quantitative estimate of drug-likeness (QED) is 0.881. The standard InChI is InChI=1S/C17H25N5/c1-12(2)13-8-4-5-9-14(13)22-16(19)20-15(18)21-17(22)10-6-3-7-11-17/h4-5,8-9,12H,3,6-7,10-11H2,1-2H3,(H4,18,19,20,21). The molecule has 0 unspecified atom stereocenters. The van der Waals surface area contributed by atoms with Crippen LogP contribution in [0.15, 0.2) is 34.3 Å². The number of guanidine groups is 2. The first-order chi connectivity index (χ1) is 10.5. The Morgan fingerprint density at radius 1 is 1.09 bits per heavy atom. The number of anilines is 1. The van der Waals surface area contributed by atoms with E-state index in [-0.39, 0.29) is 5.66 Å². The zero-order valence-corrected chi connectivity index (χ0v) is 13.4. The van der Waals surface area contributed by atoms with Crippen LogP contribution in [0.3, 0.4) is 0 Å². The van der Waals surface area contributed by atoms with Crippen molar-refractivity contribution in [2.45, 2.75) is 57.5 Å². The molecule has 4 N–H and O–H groups in total. The highest BCUT2D eigenvalue weighted by atomic mass is 15.4. The third kappa shape index (κ3) is 2.45. The SMILES string of the molecule is CC(C)c1ccccc1N1C(N)=NC(N)=NC12CCCCC2. The molecule has 0 amide bonds. The van der Waals surface area contributed by atoms with E-state index in [1.165, 1.54) is 12.0 Å². The number of hydrogen-bond acceptors (Lipinski definition) is 5. The van der Waals surface area contributed by atoms with Gasteiger partial charge in [0.05, 0.1) is 0 Å². The summed E-state index contributed by atoms with van der Waals surface area (Å²) in [5.41, 5.74) is 14.2. The largest absolute Gasteiger partial charge is 0.369 e. The van der Waals surface area contributed by atoms with Gasteiger partial charge < -0.3 is 11.5 Å². The van der Waals surface area contributed by atoms with E-state index in [1.807, 2.05) is 6.07 Å². The van der Waals surface area contributed by atoms with Gasteiger partial charge in [0.25, 0.3) is 0 Å². The van der Waals surface area contributed by atoms with Gasteiger partial charge in [-0.25, -0.2) is 4.99 Å². The van der Waals surface area contributed by atoms with Crippen molar-refractivity contribution in [2.24, 2.45) is 21.5 Å². The molecule has 1 spiro atoms. The monoisotopic (exact) mass is 299 g/mol. The maximum Gasteiger partial charge on any atom is 0.220 e. The fourth-order valence-corrected chi connectivity index (χ4v) is 3.65. The third-order valence-electron chi connectivity index (χ3n) is 4.65. The summed E-state index contributed by atoms with van der Waals surface area (Å²) in [5.74, 6) is 1.17. The van der Waals surface area contributed by atoms with Crippen LogP contribution in [0, 0.1) is 0 Å². The fraction of sp³-hybridized carbons (Fsp3) is 0.529. The summed E-state index contributed by atoms with van der Waals surface area (Å²) in [6.07, 6.45) is 5.47. The molecule has 1 aromatic rings. The molecule has 118 valence electrons. The Labute approximate surface area is 132 Å². The zero-order valence-electron chi connectivity index (χ0n) is 13.4. The Morgan fingerprint density at radius 3 is 2.45 bits per heavy atom. The topological polar surface area (TPSA) is 80.0 Å². The van der Waals surface area contributed by atoms with Crippen LogP contribution in [-0.2, 0) is 0 Å². The van der Waals surface area contributed by atoms with Crippen LogP contribution >= 0.6 is 0 Å². The number of nitrogens with zero attached hydrogens (tertiary/aromatic N) is 3. The number of aliphatic imine (C=N–C) groups is 2. The lowest BCUT2D eigenvalue weighted by Crippen LogP contribution is -2.58. The molecule has 5 nitrogen and oxygen atoms in total. The van der Waals surface area contributed by atoms with Crippen LogP contribution in [0.1, 0.15) is 57.4 Å². The van der Waals surface area contributed by atoms with Gasteiger partial charge in [-0.05, 0) is 43.2 Å². The number of nitrogens with two attached hydrogens (primary N) is 2. The van der Waals surface area contributed by atoms with Gasteiger partial charge in [-0.1, -0.05) is 38.5 Å². The second kappa shape index (κ2) is 5.63. The summed E-state index contributed by atoms with van der Waals surface area (Å²) in [6, 6.07) is 8.39. The fourth-order valence-electron chi connectivity index (χ4n) is 3.65. The van der Waals surface area contributed by atoms with Crippen molar-refractivity contribution in [3.05, 3.63) is 29.8 Å². The van der Waals surface area contributed by atoms with E-state index in [0.717, 1.165) is 31.4 Å². The molecule has 1 saturated carbocycles. The molecule has 22 heavy (non-hydrogen) atoms. The molecule has 1 aliphatic carbocycles. The van der Waals surface area contributed by atoms with Crippen LogP contribution in [0.5, 0.6) is 0 Å². The minimum atomic E-state index is -0.362. The molecular formula is C17H25N5. The number of rotatable bonds is 2. The second-order valence-corrected chi connectivity index (χ2v) is 6.53. The molecule has 2 aliphatic rings. The number of benzene rings is 1. The van der Waals surface area contributed by atoms with Crippen molar-refractivity contribution in [3.8, 4) is 0 Å². The Hall–Kier alpha value is -2.04. The van der Waals surface area contributed by atoms with Crippen LogP contribution in [0.25, 0.3) is 0 Å². The molecule has 5 heteroatoms. The van der Waals surface area contributed by atoms with Crippen molar-refractivity contribution in [1.29, 1.82) is 0 Å². The molecule has 1 fully saturated rings. The number of para-hydroxylation sites is 1. The minimum absolute atomic E-state index is 0.303. The van der Waals surface area contributed by atoms with Crippen molar-refractivity contribution < 1.29 is 0 Å². The lowest BCUT2D eigenvalue weighted by Gasteiger charge is -2.46. The first-order valence-corrected chi connectivity index (χ1v) is 8.12. The molecule has 3 rings (SSSR count). The summed E-state index contributed by atoms with van der Waals surface area (Å²) >= 11 is 0. The first kappa shape index (κ1) is 14.9. The van der Waals surface area contributed by atoms with Gasteiger partial charge in [-0.2, -0.15) is 4.99 Å². The van der Waals surface area contributed by atoms with Gasteiger partial charge in [-0.3, -0.25) is 4.90 Å². The van der Waals surface area contributed by atoms with Crippen molar-refractivity contribution in [1.82, 2.24) is 0 Å². The van der Waals surface area contributed by atoms with E-state index in [0.29, 0.717) is 17.8 Å². The van der Waals surface area contributed by atoms with E-state index in [2.05, 4.69) is 41.9 Å². The summed E-state index contributed by atoms with van der Waals surface area (Å²) in [4.78, 5) is 11.1. The maximum absolute atomic E-state index is 6.29. The Bertz CT molecular complexity index is 611. The van der Waals surface area contributed by atoms with E-state index in [4.69, 9.17) is 16.5 Å². The number of hydrogen-bond donors (Lipinski definition) is 2. The third-order valence-corrected chi connectivity index (χ3v) is 4.65. The molecule has 0 saturated heterocycles. The van der Waals surface area contributed by atoms with Crippen molar-refractivity contribution in [3.63, 3.8) is 0 Å². The minimum Gasteiger partial charge on any atom is -0.369 e. The van der Waals surface area contributed by atoms with Crippen LogP contribution < -0.4 is 16.4 Å². The van der Waals surface area contributed by atoms with E-state index in [1.54, 1.807) is 0 Å². The summed E-state index contributed by atoms with van der Waals surface area (Å²) < 4.78 is 0. The van der Waals surface area contributed by atoms with E-state index in [9.17, 15) is 0 Å². The highest BCUT2D eigenvalue weighted by molar-refractivity contribution is 6.06. The lowest BCUT2D eigenvalue weighted by molar-refractivity contribution is 0.305. The molecule has 1 aliphatic heterocycles. The molecule has 0 aromatic heterocycles. The molecule has 0 atom stereocenters. The predicted octanol–water partition coefficient (Wildman–Crippen LogP) is 2.92. The Balaban J connectivity index is 2.12. The van der Waals surface area contributed by atoms with E-state index < -0.39 is 0 Å². The molecule has 1 heterocycles. The molecule has 0 bridgehead atoms. The van der Waals surface area contributed by atoms with Crippen LogP contribution in [-0.4, -0.2) is 17.6 Å². The van der Waals surface area contributed by atoms with Crippen molar-refractivity contribution >= 4 is 17.6 Å². The molecular weight excluding hydrogens is 274 g/mol. The van der Waals surface area contributed by atoms with E-state index >= 15 is 0 Å². The van der Waals surface area contributed by atoms with Gasteiger partial charge in [0.15, 0.2) is 0 Å². The zero-order chi connectivity index (χ0) is 15.7. The van der Waals surface area contributed by atoms with Gasteiger partial charge in [0.1, 0.15) is 5.66 Å². The molecule has 1 aromatic carbocycles. The summed E-state index contributed by atoms with van der Waals surface area (Å²) in [7, 11) is 0. The normalized spacial score (nSPS) is 21.0. The van der Waals surface area contributed by atoms with Crippen LogP contribution in [0.2, 0.25) is 0 Å². The van der Waals surface area contributed by atoms with Gasteiger partial charge in [0, 0.05) is 5.69 Å². The maximum atomic E-state index is 6.29. The smallest absolute Gasteiger partial charge is 0.220 e. The summed E-state index contributed by atoms with van der Waals surface area (Å²) in [6.45, 7) is 4.39. The first-order valence-electron chi connectivity index (χ1n) is 8.12. The lowest BCUT2D eigenvalue weighted by atomic mass is 9.86. The van der Waals surface area contributed by atoms with Gasteiger partial charge >= 0.3 is 0 Å². The van der Waals surface area contributed by atoms with Crippen molar-refractivity contribution in [2.75, 3.05) is 4.90 Å². The Morgan fingerprint density at radius 2 is 1.77 bits per heavy atom. The average molecular weight is 299 g/mol. The summed E-state index contributed by atoms with van der Waals surface area (Å²) in [5, 5.41) is 0. The highest BCUT2D eigenvalue weighted by Crippen LogP contribution is 2.41. The second-order valence-electron chi connectivity index (χ2n) is 6.53. The highest BCUT2D eigenvalue weighted by Gasteiger charge is 2.43. The van der Waals surface area contributed by atoms with Crippen LogP contribution in [0.4, 0.5) is 5.69 Å². The average Bonchev–Trinajstić information content (AvgIpc) is 2.47. The van der Waals surface area contributed by atoms with Gasteiger partial charge in [0.2, 0.25) is 11.9 Å².